The van der Waals surface area contributed by atoms with Gasteiger partial charge in [0.2, 0.25) is 5.91 Å². The SMILES string of the molecule is CN(C)C[C@@H]1CC[C@@H](CCB(O)O)C[C@]1(C)C(=O)NC(C)(C)C. The first-order valence-corrected chi connectivity index (χ1v) is 8.77. The number of nitrogens with zero attached hydrogens (tertiary/aromatic N) is 1. The van der Waals surface area contributed by atoms with E-state index in [-0.39, 0.29) is 11.4 Å². The smallest absolute Gasteiger partial charge is 0.427 e. The molecule has 3 atom stereocenters. The first-order chi connectivity index (χ1) is 10.4. The van der Waals surface area contributed by atoms with E-state index in [2.05, 4.69) is 31.2 Å². The van der Waals surface area contributed by atoms with Gasteiger partial charge in [-0.25, -0.2) is 0 Å². The molecular weight excluding hydrogens is 291 g/mol. The van der Waals surface area contributed by atoms with Crippen molar-refractivity contribution in [3.8, 4) is 0 Å². The molecule has 1 saturated carbocycles. The number of hydrogen-bond acceptors (Lipinski definition) is 4. The quantitative estimate of drug-likeness (QED) is 0.650. The number of hydrogen-bond donors (Lipinski definition) is 3. The second kappa shape index (κ2) is 7.99. The van der Waals surface area contributed by atoms with Crippen LogP contribution in [0.5, 0.6) is 0 Å². The molecule has 3 N–H and O–H groups in total. The van der Waals surface area contributed by atoms with Gasteiger partial charge >= 0.3 is 7.12 Å². The summed E-state index contributed by atoms with van der Waals surface area (Å²) in [4.78, 5) is 15.1. The number of amides is 1. The van der Waals surface area contributed by atoms with Crippen LogP contribution in [0.3, 0.4) is 0 Å². The summed E-state index contributed by atoms with van der Waals surface area (Å²) in [6.07, 6.45) is 4.05. The molecule has 0 heterocycles. The lowest BCUT2D eigenvalue weighted by molar-refractivity contribution is -0.138. The molecule has 1 aliphatic rings. The second-order valence-electron chi connectivity index (χ2n) is 8.79. The molecule has 0 aromatic carbocycles. The van der Waals surface area contributed by atoms with Crippen molar-refractivity contribution in [1.82, 2.24) is 10.2 Å². The van der Waals surface area contributed by atoms with Crippen LogP contribution in [-0.4, -0.2) is 54.2 Å². The average molecular weight is 326 g/mol. The molecule has 1 rings (SSSR count). The molecule has 6 heteroatoms. The molecule has 1 amide bonds. The van der Waals surface area contributed by atoms with E-state index in [1.807, 2.05) is 20.8 Å². The highest BCUT2D eigenvalue weighted by atomic mass is 16.4. The summed E-state index contributed by atoms with van der Waals surface area (Å²) >= 11 is 0. The van der Waals surface area contributed by atoms with Crippen molar-refractivity contribution in [2.24, 2.45) is 17.3 Å². The Morgan fingerprint density at radius 2 is 1.91 bits per heavy atom. The summed E-state index contributed by atoms with van der Waals surface area (Å²) in [7, 11) is 2.86. The molecule has 0 spiro atoms. The fourth-order valence-electron chi connectivity index (χ4n) is 3.75. The first kappa shape index (κ1) is 20.5. The summed E-state index contributed by atoms with van der Waals surface area (Å²) in [6, 6.07) is 0. The number of carbonyl (C=O) groups is 1. The zero-order valence-electron chi connectivity index (χ0n) is 15.7. The Morgan fingerprint density at radius 1 is 1.30 bits per heavy atom. The van der Waals surface area contributed by atoms with Crippen LogP contribution in [0.1, 0.15) is 53.4 Å². The Hall–Kier alpha value is -0.585. The zero-order chi connectivity index (χ0) is 17.8. The predicted octanol–water partition coefficient (Wildman–Crippen LogP) is 1.75. The van der Waals surface area contributed by atoms with Gasteiger partial charge in [-0.2, -0.15) is 0 Å². The highest BCUT2D eigenvalue weighted by molar-refractivity contribution is 6.40. The molecule has 134 valence electrons. The van der Waals surface area contributed by atoms with Crippen LogP contribution in [0.15, 0.2) is 0 Å². The number of rotatable bonds is 6. The third-order valence-electron chi connectivity index (χ3n) is 4.96. The molecule has 0 aromatic rings. The standard InChI is InChI=1S/C17H35BN2O3/c1-16(2,3)19-15(21)17(4)11-13(9-10-18(22)23)7-8-14(17)12-20(5)6/h13-14,22-23H,7-12H2,1-6H3,(H,19,21)/t13-,14-,17-/m0/s1. The van der Waals surface area contributed by atoms with Crippen molar-refractivity contribution in [3.63, 3.8) is 0 Å². The summed E-state index contributed by atoms with van der Waals surface area (Å²) < 4.78 is 0. The Morgan fingerprint density at radius 3 is 2.39 bits per heavy atom. The van der Waals surface area contributed by atoms with Gasteiger partial charge in [0.15, 0.2) is 0 Å². The van der Waals surface area contributed by atoms with E-state index in [0.717, 1.165) is 32.2 Å². The fraction of sp³-hybridized carbons (Fsp3) is 0.941. The highest BCUT2D eigenvalue weighted by Crippen LogP contribution is 2.46. The minimum atomic E-state index is -1.25. The summed E-state index contributed by atoms with van der Waals surface area (Å²) in [6.45, 7) is 9.03. The topological polar surface area (TPSA) is 72.8 Å². The van der Waals surface area contributed by atoms with Crippen molar-refractivity contribution in [2.75, 3.05) is 20.6 Å². The maximum atomic E-state index is 13.0. The molecule has 0 saturated heterocycles. The lowest BCUT2D eigenvalue weighted by Crippen LogP contribution is -2.54. The third kappa shape index (κ3) is 6.44. The minimum Gasteiger partial charge on any atom is -0.427 e. The van der Waals surface area contributed by atoms with Gasteiger partial charge in [0, 0.05) is 12.1 Å². The average Bonchev–Trinajstić information content (AvgIpc) is 2.36. The third-order valence-corrected chi connectivity index (χ3v) is 4.96. The van der Waals surface area contributed by atoms with E-state index in [0.29, 0.717) is 18.2 Å². The molecule has 1 aliphatic carbocycles. The van der Waals surface area contributed by atoms with Gasteiger partial charge < -0.3 is 20.3 Å². The van der Waals surface area contributed by atoms with Crippen LogP contribution in [0, 0.1) is 17.3 Å². The summed E-state index contributed by atoms with van der Waals surface area (Å²) in [5.74, 6) is 0.840. The predicted molar refractivity (Wildman–Crippen MR) is 95.0 cm³/mol. The van der Waals surface area contributed by atoms with E-state index >= 15 is 0 Å². The number of carbonyl (C=O) groups excluding carboxylic acids is 1. The molecule has 0 bridgehead atoms. The molecule has 1 fully saturated rings. The van der Waals surface area contributed by atoms with Gasteiger partial charge in [-0.05, 0) is 65.9 Å². The molecule has 0 unspecified atom stereocenters. The van der Waals surface area contributed by atoms with Crippen molar-refractivity contribution in [3.05, 3.63) is 0 Å². The van der Waals surface area contributed by atoms with Crippen molar-refractivity contribution < 1.29 is 14.8 Å². The Kier molecular flexibility index (Phi) is 7.11. The largest absolute Gasteiger partial charge is 0.451 e. The lowest BCUT2D eigenvalue weighted by atomic mass is 9.61. The van der Waals surface area contributed by atoms with Gasteiger partial charge in [0.25, 0.3) is 0 Å². The first-order valence-electron chi connectivity index (χ1n) is 8.77. The lowest BCUT2D eigenvalue weighted by Gasteiger charge is -2.45. The fourth-order valence-corrected chi connectivity index (χ4v) is 3.75. The zero-order valence-corrected chi connectivity index (χ0v) is 15.7. The molecule has 0 aliphatic heterocycles. The molecular formula is C17H35BN2O3. The molecule has 23 heavy (non-hydrogen) atoms. The second-order valence-corrected chi connectivity index (χ2v) is 8.79. The normalized spacial score (nSPS) is 28.7. The monoisotopic (exact) mass is 326 g/mol. The van der Waals surface area contributed by atoms with Crippen LogP contribution in [0.25, 0.3) is 0 Å². The van der Waals surface area contributed by atoms with Crippen LogP contribution < -0.4 is 5.32 Å². The molecule has 0 aromatic heterocycles. The van der Waals surface area contributed by atoms with Gasteiger partial charge in [-0.3, -0.25) is 4.79 Å². The Bertz CT molecular complexity index is 396. The van der Waals surface area contributed by atoms with Crippen LogP contribution in [0.2, 0.25) is 6.32 Å². The Balaban J connectivity index is 2.88. The summed E-state index contributed by atoms with van der Waals surface area (Å²) in [5.41, 5.74) is -0.641. The van der Waals surface area contributed by atoms with E-state index < -0.39 is 12.5 Å². The molecule has 0 radical (unpaired) electrons. The van der Waals surface area contributed by atoms with Crippen LogP contribution in [0.4, 0.5) is 0 Å². The molecule has 5 nitrogen and oxygen atoms in total. The van der Waals surface area contributed by atoms with Crippen molar-refractivity contribution in [2.45, 2.75) is 65.2 Å². The minimum absolute atomic E-state index is 0.131. The van der Waals surface area contributed by atoms with Crippen LogP contribution in [-0.2, 0) is 4.79 Å². The van der Waals surface area contributed by atoms with Gasteiger partial charge in [-0.15, -0.1) is 0 Å². The van der Waals surface area contributed by atoms with E-state index in [1.165, 1.54) is 0 Å². The van der Waals surface area contributed by atoms with Crippen LogP contribution >= 0.6 is 0 Å². The van der Waals surface area contributed by atoms with E-state index in [4.69, 9.17) is 10.0 Å². The van der Waals surface area contributed by atoms with E-state index in [9.17, 15) is 4.79 Å². The Labute approximate surface area is 142 Å². The van der Waals surface area contributed by atoms with Crippen molar-refractivity contribution in [1.29, 1.82) is 0 Å². The summed E-state index contributed by atoms with van der Waals surface area (Å²) in [5, 5.41) is 21.4. The highest BCUT2D eigenvalue weighted by Gasteiger charge is 2.46. The van der Waals surface area contributed by atoms with Gasteiger partial charge in [0.05, 0.1) is 5.41 Å². The maximum Gasteiger partial charge on any atom is 0.451 e. The van der Waals surface area contributed by atoms with E-state index in [1.54, 1.807) is 0 Å². The van der Waals surface area contributed by atoms with Gasteiger partial charge in [0.1, 0.15) is 0 Å². The number of nitrogens with one attached hydrogen (secondary N) is 1. The maximum absolute atomic E-state index is 13.0. The van der Waals surface area contributed by atoms with Crippen molar-refractivity contribution >= 4 is 13.0 Å². The van der Waals surface area contributed by atoms with Gasteiger partial charge in [-0.1, -0.05) is 19.8 Å².